The van der Waals surface area contributed by atoms with E-state index in [1.165, 1.54) is 12.8 Å². The van der Waals surface area contributed by atoms with Gasteiger partial charge in [-0.3, -0.25) is 5.10 Å². The summed E-state index contributed by atoms with van der Waals surface area (Å²) < 4.78 is 5.80. The Labute approximate surface area is 159 Å². The molecule has 1 fully saturated rings. The van der Waals surface area contributed by atoms with Crippen LogP contribution in [0.1, 0.15) is 48.2 Å². The van der Waals surface area contributed by atoms with E-state index in [-0.39, 0.29) is 12.6 Å². The number of benzene rings is 2. The van der Waals surface area contributed by atoms with E-state index in [1.807, 2.05) is 36.4 Å². The zero-order valence-electron chi connectivity index (χ0n) is 15.7. The van der Waals surface area contributed by atoms with Gasteiger partial charge in [-0.05, 0) is 43.0 Å². The molecule has 2 aromatic carbocycles. The van der Waals surface area contributed by atoms with Gasteiger partial charge in [0.25, 0.3) is 0 Å². The molecule has 5 heteroatoms. The topological polar surface area (TPSA) is 70.2 Å². The SMILES string of the molecule is COc1c(C(C)NC2CC2)ccc2[nH]nc(/C=C/c3ccc(CO)cc3)c12. The lowest BCUT2D eigenvalue weighted by Gasteiger charge is -2.18. The van der Waals surface area contributed by atoms with Crippen LogP contribution in [0.4, 0.5) is 0 Å². The standard InChI is InChI=1S/C22H25N3O2/c1-14(23-17-8-9-17)18-10-12-20-21(22(18)27-2)19(24-25-20)11-7-15-3-5-16(13-26)6-4-15/h3-7,10-12,14,17,23,26H,8-9,13H2,1-2H3,(H,24,25)/b11-7+. The highest BCUT2D eigenvalue weighted by Gasteiger charge is 2.25. The average molecular weight is 363 g/mol. The van der Waals surface area contributed by atoms with E-state index in [0.29, 0.717) is 6.04 Å². The zero-order chi connectivity index (χ0) is 18.8. The maximum absolute atomic E-state index is 9.16. The van der Waals surface area contributed by atoms with Gasteiger partial charge in [0.2, 0.25) is 0 Å². The van der Waals surface area contributed by atoms with Gasteiger partial charge in [0.1, 0.15) is 5.75 Å². The number of aromatic amines is 1. The van der Waals surface area contributed by atoms with Crippen molar-refractivity contribution in [3.63, 3.8) is 0 Å². The van der Waals surface area contributed by atoms with E-state index in [4.69, 9.17) is 9.84 Å². The lowest BCUT2D eigenvalue weighted by Crippen LogP contribution is -2.21. The predicted octanol–water partition coefficient (Wildman–Crippen LogP) is 4.05. The molecule has 140 valence electrons. The van der Waals surface area contributed by atoms with Crippen LogP contribution in [0.2, 0.25) is 0 Å². The molecule has 1 aromatic heterocycles. The minimum atomic E-state index is 0.0566. The van der Waals surface area contributed by atoms with Crippen molar-refractivity contribution in [2.75, 3.05) is 7.11 Å². The van der Waals surface area contributed by atoms with Crippen molar-refractivity contribution in [1.82, 2.24) is 15.5 Å². The number of methoxy groups -OCH3 is 1. The molecule has 3 N–H and O–H groups in total. The molecule has 0 bridgehead atoms. The second-order valence-electron chi connectivity index (χ2n) is 7.12. The van der Waals surface area contributed by atoms with Gasteiger partial charge in [0, 0.05) is 17.6 Å². The maximum atomic E-state index is 9.16. The number of fused-ring (bicyclic) bond motifs is 1. The molecule has 0 spiro atoms. The Morgan fingerprint density at radius 2 is 2.00 bits per heavy atom. The minimum Gasteiger partial charge on any atom is -0.496 e. The third-order valence-corrected chi connectivity index (χ3v) is 5.07. The molecule has 0 aliphatic heterocycles. The quantitative estimate of drug-likeness (QED) is 0.592. The molecule has 3 aromatic rings. The molecular formula is C22H25N3O2. The summed E-state index contributed by atoms with van der Waals surface area (Å²) in [7, 11) is 1.72. The van der Waals surface area contributed by atoms with Crippen LogP contribution in [0, 0.1) is 0 Å². The fraction of sp³-hybridized carbons (Fsp3) is 0.318. The summed E-state index contributed by atoms with van der Waals surface area (Å²) >= 11 is 0. The second kappa shape index (κ2) is 7.55. The van der Waals surface area contributed by atoms with Crippen molar-refractivity contribution in [2.24, 2.45) is 0 Å². The van der Waals surface area contributed by atoms with Crippen LogP contribution in [0.25, 0.3) is 23.1 Å². The van der Waals surface area contributed by atoms with Gasteiger partial charge in [-0.25, -0.2) is 0 Å². The van der Waals surface area contributed by atoms with Gasteiger partial charge in [0.15, 0.2) is 0 Å². The fourth-order valence-electron chi connectivity index (χ4n) is 3.41. The van der Waals surface area contributed by atoms with E-state index in [9.17, 15) is 0 Å². The lowest BCUT2D eigenvalue weighted by atomic mass is 10.0. The van der Waals surface area contributed by atoms with E-state index < -0.39 is 0 Å². The molecule has 1 unspecified atom stereocenters. The molecule has 4 rings (SSSR count). The minimum absolute atomic E-state index is 0.0566. The number of aromatic nitrogens is 2. The van der Waals surface area contributed by atoms with E-state index in [1.54, 1.807) is 7.11 Å². The fourth-order valence-corrected chi connectivity index (χ4v) is 3.41. The Bertz CT molecular complexity index is 956. The Kier molecular flexibility index (Phi) is 4.97. The smallest absolute Gasteiger partial charge is 0.135 e. The third-order valence-electron chi connectivity index (χ3n) is 5.07. The van der Waals surface area contributed by atoms with Crippen LogP contribution in [-0.2, 0) is 6.61 Å². The summed E-state index contributed by atoms with van der Waals surface area (Å²) in [5, 5.41) is 21.4. The first kappa shape index (κ1) is 17.8. The van der Waals surface area contributed by atoms with Crippen LogP contribution >= 0.6 is 0 Å². The van der Waals surface area contributed by atoms with Gasteiger partial charge in [0.05, 0.1) is 30.3 Å². The van der Waals surface area contributed by atoms with Gasteiger partial charge >= 0.3 is 0 Å². The van der Waals surface area contributed by atoms with Gasteiger partial charge in [-0.15, -0.1) is 0 Å². The first-order chi connectivity index (χ1) is 13.2. The summed E-state index contributed by atoms with van der Waals surface area (Å²) in [6, 6.07) is 12.9. The molecule has 1 saturated carbocycles. The molecule has 0 saturated heterocycles. The van der Waals surface area contributed by atoms with Gasteiger partial charge in [-0.2, -0.15) is 5.10 Å². The molecule has 1 aliphatic carbocycles. The molecule has 27 heavy (non-hydrogen) atoms. The largest absolute Gasteiger partial charge is 0.496 e. The lowest BCUT2D eigenvalue weighted by molar-refractivity contribution is 0.282. The number of ether oxygens (including phenoxy) is 1. The van der Waals surface area contributed by atoms with Crippen LogP contribution in [-0.4, -0.2) is 28.5 Å². The third kappa shape index (κ3) is 3.75. The number of nitrogens with zero attached hydrogens (tertiary/aromatic N) is 1. The van der Waals surface area contributed by atoms with Crippen molar-refractivity contribution < 1.29 is 9.84 Å². The van der Waals surface area contributed by atoms with E-state index in [0.717, 1.165) is 39.0 Å². The van der Waals surface area contributed by atoms with E-state index in [2.05, 4.69) is 34.6 Å². The highest BCUT2D eigenvalue weighted by molar-refractivity contribution is 5.95. The molecular weight excluding hydrogens is 338 g/mol. The summed E-state index contributed by atoms with van der Waals surface area (Å²) in [5.74, 6) is 0.872. The first-order valence-corrected chi connectivity index (χ1v) is 9.38. The van der Waals surface area contributed by atoms with Gasteiger partial charge in [-0.1, -0.05) is 36.4 Å². The summed E-state index contributed by atoms with van der Waals surface area (Å²) in [4.78, 5) is 0. The Hall–Kier alpha value is -2.63. The van der Waals surface area contributed by atoms with Crippen molar-refractivity contribution in [3.8, 4) is 5.75 Å². The Morgan fingerprint density at radius 1 is 1.22 bits per heavy atom. The monoisotopic (exact) mass is 363 g/mol. The van der Waals surface area contributed by atoms with Crippen molar-refractivity contribution >= 4 is 23.1 Å². The maximum Gasteiger partial charge on any atom is 0.135 e. The van der Waals surface area contributed by atoms with E-state index >= 15 is 0 Å². The first-order valence-electron chi connectivity index (χ1n) is 9.38. The van der Waals surface area contributed by atoms with Crippen LogP contribution in [0.3, 0.4) is 0 Å². The number of hydrogen-bond donors (Lipinski definition) is 3. The average Bonchev–Trinajstić information content (AvgIpc) is 3.42. The van der Waals surface area contributed by atoms with Gasteiger partial charge < -0.3 is 15.2 Å². The molecule has 0 radical (unpaired) electrons. The highest BCUT2D eigenvalue weighted by Crippen LogP contribution is 2.36. The number of aliphatic hydroxyl groups is 1. The number of rotatable bonds is 7. The van der Waals surface area contributed by atoms with Crippen LogP contribution in [0.15, 0.2) is 36.4 Å². The van der Waals surface area contributed by atoms with Crippen molar-refractivity contribution in [1.29, 1.82) is 0 Å². The Morgan fingerprint density at radius 3 is 2.67 bits per heavy atom. The summed E-state index contributed by atoms with van der Waals surface area (Å²) in [5.41, 5.74) is 4.93. The predicted molar refractivity (Wildman–Crippen MR) is 109 cm³/mol. The van der Waals surface area contributed by atoms with Crippen LogP contribution in [0.5, 0.6) is 5.75 Å². The summed E-state index contributed by atoms with van der Waals surface area (Å²) in [6.07, 6.45) is 6.53. The molecule has 1 atom stereocenters. The number of hydrogen-bond acceptors (Lipinski definition) is 4. The number of aliphatic hydroxyl groups excluding tert-OH is 1. The molecule has 1 heterocycles. The van der Waals surface area contributed by atoms with Crippen molar-refractivity contribution in [2.45, 2.75) is 38.5 Å². The number of nitrogens with one attached hydrogen (secondary N) is 2. The Balaban J connectivity index is 1.68. The summed E-state index contributed by atoms with van der Waals surface area (Å²) in [6.45, 7) is 2.24. The molecule has 1 aliphatic rings. The normalized spacial score (nSPS) is 15.5. The number of H-pyrrole nitrogens is 1. The highest BCUT2D eigenvalue weighted by atomic mass is 16.5. The van der Waals surface area contributed by atoms with Crippen LogP contribution < -0.4 is 10.1 Å². The molecule has 5 nitrogen and oxygen atoms in total. The zero-order valence-corrected chi connectivity index (χ0v) is 15.7. The van der Waals surface area contributed by atoms with Crippen molar-refractivity contribution in [3.05, 3.63) is 58.8 Å². The molecule has 0 amide bonds. The second-order valence-corrected chi connectivity index (χ2v) is 7.12.